The number of nitrogens with one attached hydrogen (secondary N) is 2. The highest BCUT2D eigenvalue weighted by Crippen LogP contribution is 2.32. The van der Waals surface area contributed by atoms with Crippen molar-refractivity contribution in [3.8, 4) is 11.5 Å². The van der Waals surface area contributed by atoms with Crippen molar-refractivity contribution < 1.29 is 19.0 Å². The van der Waals surface area contributed by atoms with E-state index in [0.717, 1.165) is 43.0 Å². The van der Waals surface area contributed by atoms with Crippen LogP contribution in [0.25, 0.3) is 0 Å². The Morgan fingerprint density at radius 2 is 2.00 bits per heavy atom. The summed E-state index contributed by atoms with van der Waals surface area (Å²) in [6, 6.07) is 5.78. The first-order chi connectivity index (χ1) is 11.2. The SMILES string of the molecule is COCC1(C(=O)NCc2ccc3c(c2)OCCO3)CCNCC1. The Labute approximate surface area is 136 Å². The van der Waals surface area contributed by atoms with Gasteiger partial charge in [-0.25, -0.2) is 0 Å². The molecule has 0 saturated carbocycles. The first-order valence-corrected chi connectivity index (χ1v) is 8.10. The summed E-state index contributed by atoms with van der Waals surface area (Å²) in [5.74, 6) is 1.58. The van der Waals surface area contributed by atoms with Gasteiger partial charge in [0.15, 0.2) is 11.5 Å². The molecule has 1 aromatic carbocycles. The van der Waals surface area contributed by atoms with Gasteiger partial charge in [0.1, 0.15) is 13.2 Å². The molecule has 1 amide bonds. The number of methoxy groups -OCH3 is 1. The fraction of sp³-hybridized carbons (Fsp3) is 0.588. The maximum absolute atomic E-state index is 12.7. The summed E-state index contributed by atoms with van der Waals surface area (Å²) in [5.41, 5.74) is 0.581. The molecule has 2 aliphatic rings. The molecule has 0 spiro atoms. The largest absolute Gasteiger partial charge is 0.486 e. The van der Waals surface area contributed by atoms with E-state index in [2.05, 4.69) is 10.6 Å². The minimum atomic E-state index is -0.423. The number of piperidine rings is 1. The molecule has 23 heavy (non-hydrogen) atoms. The maximum Gasteiger partial charge on any atom is 0.228 e. The van der Waals surface area contributed by atoms with Crippen LogP contribution in [0.2, 0.25) is 0 Å². The summed E-state index contributed by atoms with van der Waals surface area (Å²) in [7, 11) is 1.65. The lowest BCUT2D eigenvalue weighted by molar-refractivity contribution is -0.136. The predicted octanol–water partition coefficient (Wildman–Crippen LogP) is 1.09. The van der Waals surface area contributed by atoms with Crippen molar-refractivity contribution in [2.45, 2.75) is 19.4 Å². The van der Waals surface area contributed by atoms with Crippen LogP contribution in [0.5, 0.6) is 11.5 Å². The van der Waals surface area contributed by atoms with Crippen molar-refractivity contribution >= 4 is 5.91 Å². The first kappa shape index (κ1) is 16.1. The molecule has 0 aliphatic carbocycles. The van der Waals surface area contributed by atoms with Gasteiger partial charge < -0.3 is 24.8 Å². The third kappa shape index (κ3) is 3.59. The highest BCUT2D eigenvalue weighted by Gasteiger charge is 2.39. The zero-order valence-electron chi connectivity index (χ0n) is 13.5. The molecule has 2 heterocycles. The molecule has 3 rings (SSSR count). The topological polar surface area (TPSA) is 68.8 Å². The molecule has 6 nitrogen and oxygen atoms in total. The Kier molecular flexibility index (Phi) is 5.03. The molecule has 126 valence electrons. The fourth-order valence-electron chi connectivity index (χ4n) is 3.19. The number of hydrogen-bond acceptors (Lipinski definition) is 5. The highest BCUT2D eigenvalue weighted by molar-refractivity contribution is 5.83. The summed E-state index contributed by atoms with van der Waals surface area (Å²) in [4.78, 5) is 12.7. The van der Waals surface area contributed by atoms with E-state index in [-0.39, 0.29) is 5.91 Å². The molecule has 0 atom stereocenters. The van der Waals surface area contributed by atoms with Gasteiger partial charge >= 0.3 is 0 Å². The van der Waals surface area contributed by atoms with Crippen LogP contribution in [-0.2, 0) is 16.1 Å². The average molecular weight is 320 g/mol. The molecular formula is C17H24N2O4. The third-order valence-corrected chi connectivity index (χ3v) is 4.52. The Morgan fingerprint density at radius 3 is 2.74 bits per heavy atom. The van der Waals surface area contributed by atoms with Crippen molar-refractivity contribution in [3.63, 3.8) is 0 Å². The first-order valence-electron chi connectivity index (χ1n) is 8.10. The quantitative estimate of drug-likeness (QED) is 0.850. The monoisotopic (exact) mass is 320 g/mol. The lowest BCUT2D eigenvalue weighted by Gasteiger charge is -2.35. The van der Waals surface area contributed by atoms with Gasteiger partial charge in [0.2, 0.25) is 5.91 Å². The highest BCUT2D eigenvalue weighted by atomic mass is 16.6. The molecule has 1 aromatic rings. The molecule has 0 unspecified atom stereocenters. The fourth-order valence-corrected chi connectivity index (χ4v) is 3.19. The number of ether oxygens (including phenoxy) is 3. The second-order valence-corrected chi connectivity index (χ2v) is 6.12. The van der Waals surface area contributed by atoms with Crippen LogP contribution in [0.1, 0.15) is 18.4 Å². The summed E-state index contributed by atoms with van der Waals surface area (Å²) >= 11 is 0. The van der Waals surface area contributed by atoms with Crippen LogP contribution < -0.4 is 20.1 Å². The van der Waals surface area contributed by atoms with Crippen molar-refractivity contribution in [2.24, 2.45) is 5.41 Å². The van der Waals surface area contributed by atoms with E-state index >= 15 is 0 Å². The Hall–Kier alpha value is -1.79. The van der Waals surface area contributed by atoms with E-state index in [1.807, 2.05) is 18.2 Å². The molecule has 0 bridgehead atoms. The summed E-state index contributed by atoms with van der Waals surface area (Å²) < 4.78 is 16.4. The molecular weight excluding hydrogens is 296 g/mol. The van der Waals surface area contributed by atoms with E-state index in [1.54, 1.807) is 7.11 Å². The van der Waals surface area contributed by atoms with Gasteiger partial charge in [-0.1, -0.05) is 6.07 Å². The number of carbonyl (C=O) groups excluding carboxylic acids is 1. The van der Waals surface area contributed by atoms with Crippen molar-refractivity contribution in [1.29, 1.82) is 0 Å². The van der Waals surface area contributed by atoms with Crippen LogP contribution in [0.15, 0.2) is 18.2 Å². The van der Waals surface area contributed by atoms with Gasteiger partial charge in [-0.05, 0) is 43.6 Å². The zero-order valence-corrected chi connectivity index (χ0v) is 13.5. The molecule has 0 aromatic heterocycles. The van der Waals surface area contributed by atoms with E-state index in [9.17, 15) is 4.79 Å². The second kappa shape index (κ2) is 7.19. The average Bonchev–Trinajstić information content (AvgIpc) is 2.60. The lowest BCUT2D eigenvalue weighted by Crippen LogP contribution is -2.49. The van der Waals surface area contributed by atoms with Gasteiger partial charge in [0.05, 0.1) is 12.0 Å². The molecule has 0 radical (unpaired) electrons. The van der Waals surface area contributed by atoms with E-state index < -0.39 is 5.41 Å². The van der Waals surface area contributed by atoms with Crippen LogP contribution >= 0.6 is 0 Å². The smallest absolute Gasteiger partial charge is 0.228 e. The Morgan fingerprint density at radius 1 is 1.26 bits per heavy atom. The van der Waals surface area contributed by atoms with Crippen molar-refractivity contribution in [3.05, 3.63) is 23.8 Å². The molecule has 1 saturated heterocycles. The van der Waals surface area contributed by atoms with Gasteiger partial charge in [0, 0.05) is 13.7 Å². The maximum atomic E-state index is 12.7. The lowest BCUT2D eigenvalue weighted by atomic mass is 9.78. The van der Waals surface area contributed by atoms with Gasteiger partial charge in [-0.2, -0.15) is 0 Å². The third-order valence-electron chi connectivity index (χ3n) is 4.52. The van der Waals surface area contributed by atoms with Crippen LogP contribution in [0.3, 0.4) is 0 Å². The summed E-state index contributed by atoms with van der Waals surface area (Å²) in [6.45, 7) is 3.78. The predicted molar refractivity (Wildman–Crippen MR) is 85.7 cm³/mol. The number of hydrogen-bond donors (Lipinski definition) is 2. The molecule has 2 aliphatic heterocycles. The molecule has 1 fully saturated rings. The number of benzene rings is 1. The van der Waals surface area contributed by atoms with E-state index in [1.165, 1.54) is 0 Å². The van der Waals surface area contributed by atoms with Crippen molar-refractivity contribution in [1.82, 2.24) is 10.6 Å². The van der Waals surface area contributed by atoms with Crippen LogP contribution in [0, 0.1) is 5.41 Å². The van der Waals surface area contributed by atoms with Gasteiger partial charge in [-0.15, -0.1) is 0 Å². The van der Waals surface area contributed by atoms with Crippen molar-refractivity contribution in [2.75, 3.05) is 40.0 Å². The zero-order chi connectivity index (χ0) is 16.1. The Bertz CT molecular complexity index is 550. The minimum absolute atomic E-state index is 0.0655. The van der Waals surface area contributed by atoms with E-state index in [4.69, 9.17) is 14.2 Å². The van der Waals surface area contributed by atoms with Gasteiger partial charge in [0.25, 0.3) is 0 Å². The Balaban J connectivity index is 1.63. The number of rotatable bonds is 5. The number of amides is 1. The summed E-state index contributed by atoms with van der Waals surface area (Å²) in [6.07, 6.45) is 1.60. The summed E-state index contributed by atoms with van der Waals surface area (Å²) in [5, 5.41) is 6.35. The van der Waals surface area contributed by atoms with Crippen LogP contribution in [-0.4, -0.2) is 45.9 Å². The second-order valence-electron chi connectivity index (χ2n) is 6.12. The standard InChI is InChI=1S/C17H24N2O4/c1-21-12-17(4-6-18-7-5-17)16(20)19-11-13-2-3-14-15(10-13)23-9-8-22-14/h2-3,10,18H,4-9,11-12H2,1H3,(H,19,20). The van der Waals surface area contributed by atoms with Gasteiger partial charge in [-0.3, -0.25) is 4.79 Å². The minimum Gasteiger partial charge on any atom is -0.486 e. The van der Waals surface area contributed by atoms with E-state index in [0.29, 0.717) is 26.4 Å². The van der Waals surface area contributed by atoms with Crippen LogP contribution in [0.4, 0.5) is 0 Å². The number of carbonyl (C=O) groups is 1. The normalized spacial score (nSPS) is 19.2. The molecule has 6 heteroatoms. The number of fused-ring (bicyclic) bond motifs is 1. The molecule has 2 N–H and O–H groups in total.